The van der Waals surface area contributed by atoms with Gasteiger partial charge in [-0.2, -0.15) is 0 Å². The summed E-state index contributed by atoms with van der Waals surface area (Å²) < 4.78 is 1.04. The zero-order valence-electron chi connectivity index (χ0n) is 16.5. The smallest absolute Gasteiger partial charge is 0.329 e. The first-order valence-electron chi connectivity index (χ1n) is 10.1. The van der Waals surface area contributed by atoms with E-state index in [9.17, 15) is 14.4 Å². The summed E-state index contributed by atoms with van der Waals surface area (Å²) in [5.74, 6) is 0.370. The van der Waals surface area contributed by atoms with Crippen molar-refractivity contribution in [1.29, 1.82) is 0 Å². The number of amides is 1. The average molecular weight is 391 g/mol. The van der Waals surface area contributed by atoms with Gasteiger partial charge < -0.3 is 9.88 Å². The van der Waals surface area contributed by atoms with Crippen LogP contribution in [0.5, 0.6) is 0 Å². The maximum Gasteiger partial charge on any atom is 0.329 e. The molecule has 1 aromatic heterocycles. The fourth-order valence-electron chi connectivity index (χ4n) is 4.21. The molecule has 1 atom stereocenters. The Labute approximate surface area is 168 Å². The summed E-state index contributed by atoms with van der Waals surface area (Å²) in [5.41, 5.74) is 0.831. The number of fused-ring (bicyclic) bond motifs is 1. The Balaban J connectivity index is 1.47. The van der Waals surface area contributed by atoms with E-state index in [0.717, 1.165) is 23.8 Å². The van der Waals surface area contributed by atoms with Gasteiger partial charge >= 0.3 is 5.69 Å². The lowest BCUT2D eigenvalue weighted by atomic mass is 9.90. The number of hydrogen-bond acceptors (Lipinski definition) is 3. The predicted molar refractivity (Wildman–Crippen MR) is 113 cm³/mol. The minimum Gasteiger partial charge on any atom is -0.341 e. The molecule has 0 unspecified atom stereocenters. The van der Waals surface area contributed by atoms with Gasteiger partial charge in [-0.15, -0.1) is 0 Å². The fourth-order valence-corrected chi connectivity index (χ4v) is 4.21. The third-order valence-electron chi connectivity index (χ3n) is 5.87. The van der Waals surface area contributed by atoms with E-state index in [1.54, 1.807) is 36.1 Å². The van der Waals surface area contributed by atoms with E-state index in [4.69, 9.17) is 0 Å². The van der Waals surface area contributed by atoms with Crippen LogP contribution in [0.2, 0.25) is 0 Å². The molecule has 0 bridgehead atoms. The first kappa shape index (κ1) is 19.2. The van der Waals surface area contributed by atoms with Gasteiger partial charge in [-0.1, -0.05) is 42.5 Å². The van der Waals surface area contributed by atoms with E-state index in [-0.39, 0.29) is 5.91 Å². The van der Waals surface area contributed by atoms with Gasteiger partial charge in [0.25, 0.3) is 5.56 Å². The van der Waals surface area contributed by atoms with Crippen molar-refractivity contribution in [3.8, 4) is 0 Å². The molecule has 0 radical (unpaired) electrons. The Bertz CT molecular complexity index is 1130. The highest BCUT2D eigenvalue weighted by Gasteiger charge is 2.28. The summed E-state index contributed by atoms with van der Waals surface area (Å²) in [7, 11) is 0. The summed E-state index contributed by atoms with van der Waals surface area (Å²) in [6.07, 6.45) is 2.87. The van der Waals surface area contributed by atoms with E-state index in [2.05, 4.69) is 29.2 Å². The maximum absolute atomic E-state index is 13.0. The van der Waals surface area contributed by atoms with Gasteiger partial charge in [-0.05, 0) is 49.8 Å². The van der Waals surface area contributed by atoms with Gasteiger partial charge in [0.1, 0.15) is 6.04 Å². The summed E-state index contributed by atoms with van der Waals surface area (Å²) >= 11 is 0. The van der Waals surface area contributed by atoms with Crippen molar-refractivity contribution in [2.24, 2.45) is 5.92 Å². The number of carbonyl (C=O) groups excluding carboxylic acids is 1. The van der Waals surface area contributed by atoms with Crippen molar-refractivity contribution in [3.63, 3.8) is 0 Å². The quantitative estimate of drug-likeness (QED) is 0.743. The lowest BCUT2D eigenvalue weighted by Gasteiger charge is -2.33. The van der Waals surface area contributed by atoms with E-state index in [0.29, 0.717) is 29.9 Å². The Morgan fingerprint density at radius 1 is 1.03 bits per heavy atom. The molecule has 6 heteroatoms. The van der Waals surface area contributed by atoms with Crippen LogP contribution in [0.3, 0.4) is 0 Å². The Morgan fingerprint density at radius 2 is 1.69 bits per heavy atom. The van der Waals surface area contributed by atoms with Crippen molar-refractivity contribution in [2.75, 3.05) is 13.1 Å². The Kier molecular flexibility index (Phi) is 5.34. The van der Waals surface area contributed by atoms with Crippen LogP contribution in [-0.2, 0) is 11.2 Å². The summed E-state index contributed by atoms with van der Waals surface area (Å²) in [5, 5.41) is 0.410. The number of nitrogens with one attached hydrogen (secondary N) is 1. The van der Waals surface area contributed by atoms with Crippen LogP contribution < -0.4 is 11.2 Å². The van der Waals surface area contributed by atoms with Crippen LogP contribution in [0.1, 0.15) is 31.4 Å². The normalized spacial score (nSPS) is 16.1. The van der Waals surface area contributed by atoms with Crippen LogP contribution in [-0.4, -0.2) is 33.4 Å². The number of hydrogen-bond donors (Lipinski definition) is 1. The SMILES string of the molecule is C[C@H](C(=O)N1CCC(Cc2ccccc2)CC1)n1c(=O)[nH]c2ccccc2c1=O. The van der Waals surface area contributed by atoms with Gasteiger partial charge in [-0.3, -0.25) is 9.59 Å². The largest absolute Gasteiger partial charge is 0.341 e. The molecule has 0 spiro atoms. The molecule has 29 heavy (non-hydrogen) atoms. The topological polar surface area (TPSA) is 75.2 Å². The van der Waals surface area contributed by atoms with Crippen molar-refractivity contribution in [1.82, 2.24) is 14.5 Å². The molecule has 1 aliphatic rings. The predicted octanol–water partition coefficient (Wildman–Crippen LogP) is 2.73. The third kappa shape index (κ3) is 3.88. The van der Waals surface area contributed by atoms with Crippen LogP contribution >= 0.6 is 0 Å². The number of rotatable bonds is 4. The number of piperidine rings is 1. The molecule has 6 nitrogen and oxygen atoms in total. The maximum atomic E-state index is 13.0. The van der Waals surface area contributed by atoms with Crippen molar-refractivity contribution in [2.45, 2.75) is 32.2 Å². The van der Waals surface area contributed by atoms with Crippen LogP contribution in [0.15, 0.2) is 64.2 Å². The van der Waals surface area contributed by atoms with E-state index in [1.807, 2.05) is 6.07 Å². The minimum atomic E-state index is -0.832. The molecule has 4 rings (SSSR count). The lowest BCUT2D eigenvalue weighted by Crippen LogP contribution is -2.47. The molecule has 2 aromatic carbocycles. The molecule has 0 saturated carbocycles. The fraction of sp³-hybridized carbons (Fsp3) is 0.348. The van der Waals surface area contributed by atoms with Gasteiger partial charge in [0.2, 0.25) is 5.91 Å². The summed E-state index contributed by atoms with van der Waals surface area (Å²) in [4.78, 5) is 42.8. The molecule has 1 N–H and O–H groups in total. The number of aromatic nitrogens is 2. The number of aromatic amines is 1. The Hall–Kier alpha value is -3.15. The van der Waals surface area contributed by atoms with Crippen LogP contribution in [0, 0.1) is 5.92 Å². The van der Waals surface area contributed by atoms with Gasteiger partial charge in [0.05, 0.1) is 10.9 Å². The van der Waals surface area contributed by atoms with Crippen molar-refractivity contribution >= 4 is 16.8 Å². The number of benzene rings is 2. The molecule has 1 amide bonds. The van der Waals surface area contributed by atoms with Gasteiger partial charge in [-0.25, -0.2) is 9.36 Å². The highest BCUT2D eigenvalue weighted by atomic mass is 16.2. The first-order valence-corrected chi connectivity index (χ1v) is 10.1. The number of para-hydroxylation sites is 1. The average Bonchev–Trinajstić information content (AvgIpc) is 2.74. The van der Waals surface area contributed by atoms with Crippen LogP contribution in [0.4, 0.5) is 0 Å². The first-order chi connectivity index (χ1) is 14.0. The standard InChI is InChI=1S/C23H25N3O3/c1-16(26-22(28)19-9-5-6-10-20(19)24-23(26)29)21(27)25-13-11-18(12-14-25)15-17-7-3-2-4-8-17/h2-10,16,18H,11-15H2,1H3,(H,24,29)/t16-/m1/s1. The van der Waals surface area contributed by atoms with Gasteiger partial charge in [0.15, 0.2) is 0 Å². The molecule has 1 fully saturated rings. The summed E-state index contributed by atoms with van der Waals surface area (Å²) in [6, 6.07) is 16.4. The number of nitrogens with zero attached hydrogens (tertiary/aromatic N) is 2. The second-order valence-electron chi connectivity index (χ2n) is 7.79. The van der Waals surface area contributed by atoms with Crippen molar-refractivity contribution in [3.05, 3.63) is 81.0 Å². The number of carbonyl (C=O) groups is 1. The molecule has 1 aliphatic heterocycles. The van der Waals surface area contributed by atoms with E-state index < -0.39 is 17.3 Å². The molecular weight excluding hydrogens is 366 g/mol. The number of likely N-dealkylation sites (tertiary alicyclic amines) is 1. The monoisotopic (exact) mass is 391 g/mol. The van der Waals surface area contributed by atoms with E-state index >= 15 is 0 Å². The second kappa shape index (κ2) is 8.07. The molecule has 3 aromatic rings. The molecule has 1 saturated heterocycles. The second-order valence-corrected chi connectivity index (χ2v) is 7.79. The number of H-pyrrole nitrogens is 1. The molecule has 0 aliphatic carbocycles. The molecule has 150 valence electrons. The molecule has 2 heterocycles. The zero-order valence-corrected chi connectivity index (χ0v) is 16.5. The zero-order chi connectivity index (χ0) is 20.4. The molecular formula is C23H25N3O3. The highest BCUT2D eigenvalue weighted by Crippen LogP contribution is 2.23. The third-order valence-corrected chi connectivity index (χ3v) is 5.87. The minimum absolute atomic E-state index is 0.175. The lowest BCUT2D eigenvalue weighted by molar-refractivity contribution is -0.135. The van der Waals surface area contributed by atoms with E-state index in [1.165, 1.54) is 5.56 Å². The summed E-state index contributed by atoms with van der Waals surface area (Å²) in [6.45, 7) is 2.94. The highest BCUT2D eigenvalue weighted by molar-refractivity contribution is 5.81. The van der Waals surface area contributed by atoms with Gasteiger partial charge in [0, 0.05) is 13.1 Å². The van der Waals surface area contributed by atoms with Crippen molar-refractivity contribution < 1.29 is 4.79 Å². The van der Waals surface area contributed by atoms with Crippen LogP contribution in [0.25, 0.3) is 10.9 Å². The Morgan fingerprint density at radius 3 is 2.41 bits per heavy atom.